The molecule has 0 saturated carbocycles. The van der Waals surface area contributed by atoms with E-state index >= 15 is 0 Å². The van der Waals surface area contributed by atoms with Crippen molar-refractivity contribution in [3.05, 3.63) is 33.4 Å². The quantitative estimate of drug-likeness (QED) is 0.491. The van der Waals surface area contributed by atoms with Crippen molar-refractivity contribution in [2.45, 2.75) is 52.6 Å². The summed E-state index contributed by atoms with van der Waals surface area (Å²) in [6, 6.07) is 7.68. The van der Waals surface area contributed by atoms with Crippen LogP contribution in [0.1, 0.15) is 57.3 Å². The lowest BCUT2D eigenvalue weighted by Crippen LogP contribution is -2.39. The lowest BCUT2D eigenvalue weighted by atomic mass is 9.76. The molecule has 2 rings (SSSR count). The number of carbonyl (C=O) groups excluding carboxylic acids is 2. The minimum absolute atomic E-state index is 0.145. The van der Waals surface area contributed by atoms with Gasteiger partial charge in [0.25, 0.3) is 0 Å². The van der Waals surface area contributed by atoms with Gasteiger partial charge in [0.2, 0.25) is 0 Å². The highest BCUT2D eigenvalue weighted by molar-refractivity contribution is 14.1. The second-order valence-electron chi connectivity index (χ2n) is 7.52. The number of ketones is 1. The van der Waals surface area contributed by atoms with Crippen molar-refractivity contribution < 1.29 is 14.3 Å². The predicted octanol–water partition coefficient (Wildman–Crippen LogP) is 4.90. The number of Topliss-reactive ketones (excluding diaryl/α,β-unsaturated/α-hetero) is 1. The van der Waals surface area contributed by atoms with Crippen LogP contribution in [0.2, 0.25) is 0 Å². The smallest absolute Gasteiger partial charge is 0.410 e. The van der Waals surface area contributed by atoms with Gasteiger partial charge in [-0.15, -0.1) is 0 Å². The van der Waals surface area contributed by atoms with Crippen molar-refractivity contribution >= 4 is 34.5 Å². The fourth-order valence-corrected chi connectivity index (χ4v) is 3.60. The highest BCUT2D eigenvalue weighted by Gasteiger charge is 2.46. The summed E-state index contributed by atoms with van der Waals surface area (Å²) >= 11 is 2.23. The van der Waals surface area contributed by atoms with Gasteiger partial charge in [0.1, 0.15) is 5.60 Å². The molecule has 0 N–H and O–H groups in total. The number of carbonyl (C=O) groups is 2. The average Bonchev–Trinajstić information content (AvgIpc) is 2.92. The summed E-state index contributed by atoms with van der Waals surface area (Å²) in [5.74, 6) is 0.145. The third-order valence-electron chi connectivity index (χ3n) is 4.32. The van der Waals surface area contributed by atoms with Gasteiger partial charge in [0.05, 0.1) is 5.41 Å². The Morgan fingerprint density at radius 2 is 1.88 bits per heavy atom. The topological polar surface area (TPSA) is 46.6 Å². The number of likely N-dealkylation sites (tertiary alicyclic amines) is 1. The third-order valence-corrected chi connectivity index (χ3v) is 5.04. The predicted molar refractivity (Wildman–Crippen MR) is 103 cm³/mol. The molecule has 1 atom stereocenters. The molecule has 0 aromatic heterocycles. The van der Waals surface area contributed by atoms with Gasteiger partial charge in [-0.05, 0) is 68.3 Å². The molecule has 1 aliphatic heterocycles. The fourth-order valence-electron chi connectivity index (χ4n) is 3.24. The molecule has 0 spiro atoms. The van der Waals surface area contributed by atoms with Crippen LogP contribution in [0.15, 0.2) is 24.3 Å². The average molecular weight is 443 g/mol. The monoisotopic (exact) mass is 443 g/mol. The first-order valence-corrected chi connectivity index (χ1v) is 9.53. The first-order chi connectivity index (χ1) is 11.2. The van der Waals surface area contributed by atoms with E-state index in [1.54, 1.807) is 4.90 Å². The second-order valence-corrected chi connectivity index (χ2v) is 8.76. The van der Waals surface area contributed by atoms with Crippen LogP contribution in [0.4, 0.5) is 4.79 Å². The Labute approximate surface area is 158 Å². The Balaban J connectivity index is 2.19. The van der Waals surface area contributed by atoms with Gasteiger partial charge in [-0.25, -0.2) is 4.79 Å². The maximum Gasteiger partial charge on any atom is 0.410 e. The van der Waals surface area contributed by atoms with Crippen molar-refractivity contribution in [2.75, 3.05) is 13.1 Å². The molecule has 0 bridgehead atoms. The van der Waals surface area contributed by atoms with Gasteiger partial charge in [0, 0.05) is 22.2 Å². The van der Waals surface area contributed by atoms with Crippen molar-refractivity contribution in [2.24, 2.45) is 5.41 Å². The zero-order chi connectivity index (χ0) is 18.0. The third kappa shape index (κ3) is 4.49. The van der Waals surface area contributed by atoms with E-state index < -0.39 is 11.0 Å². The van der Waals surface area contributed by atoms with Crippen molar-refractivity contribution in [1.29, 1.82) is 0 Å². The molecule has 5 heteroatoms. The van der Waals surface area contributed by atoms with E-state index in [9.17, 15) is 9.59 Å². The van der Waals surface area contributed by atoms with Crippen molar-refractivity contribution in [3.63, 3.8) is 0 Å². The number of halogens is 1. The SMILES string of the molecule is CCCC1(C(=O)c2ccc(I)cc2)CCN(C(=O)OC(C)(C)C)C1. The Bertz CT molecular complexity index is 606. The Hall–Kier alpha value is -1.11. The normalized spacial score (nSPS) is 21.0. The van der Waals surface area contributed by atoms with Gasteiger partial charge >= 0.3 is 6.09 Å². The van der Waals surface area contributed by atoms with Crippen LogP contribution in [-0.2, 0) is 4.74 Å². The molecule has 1 aromatic carbocycles. The molecule has 1 aromatic rings. The van der Waals surface area contributed by atoms with Gasteiger partial charge < -0.3 is 9.64 Å². The molecule has 1 fully saturated rings. The number of amides is 1. The lowest BCUT2D eigenvalue weighted by molar-refractivity contribution is 0.0272. The standard InChI is InChI=1S/C19H26INO3/c1-5-10-19(16(22)14-6-8-15(20)9-7-14)11-12-21(13-19)17(23)24-18(2,3)4/h6-9H,5,10-13H2,1-4H3. The Morgan fingerprint density at radius 1 is 1.25 bits per heavy atom. The summed E-state index contributed by atoms with van der Waals surface area (Å²) in [4.78, 5) is 27.2. The minimum atomic E-state index is -0.521. The van der Waals surface area contributed by atoms with Crippen LogP contribution >= 0.6 is 22.6 Å². The van der Waals surface area contributed by atoms with E-state index in [1.807, 2.05) is 45.0 Å². The zero-order valence-electron chi connectivity index (χ0n) is 14.9. The molecule has 1 amide bonds. The number of benzene rings is 1. The first kappa shape index (κ1) is 19.2. The number of hydrogen-bond acceptors (Lipinski definition) is 3. The zero-order valence-corrected chi connectivity index (χ0v) is 17.1. The van der Waals surface area contributed by atoms with Crippen molar-refractivity contribution in [1.82, 2.24) is 4.90 Å². The molecule has 0 radical (unpaired) electrons. The summed E-state index contributed by atoms with van der Waals surface area (Å²) in [5.41, 5.74) is -0.277. The van der Waals surface area contributed by atoms with Gasteiger partial charge in [-0.3, -0.25) is 4.79 Å². The minimum Gasteiger partial charge on any atom is -0.444 e. The molecule has 0 aliphatic carbocycles. The summed E-state index contributed by atoms with van der Waals surface area (Å²) in [5, 5.41) is 0. The van der Waals surface area contributed by atoms with Gasteiger partial charge in [-0.1, -0.05) is 25.5 Å². The molecule has 4 nitrogen and oxygen atoms in total. The highest BCUT2D eigenvalue weighted by atomic mass is 127. The number of nitrogens with zero attached hydrogens (tertiary/aromatic N) is 1. The Kier molecular flexibility index (Phi) is 5.94. The number of ether oxygens (including phenoxy) is 1. The van der Waals surface area contributed by atoms with E-state index in [4.69, 9.17) is 4.74 Å². The van der Waals surface area contributed by atoms with E-state index in [0.29, 0.717) is 19.5 Å². The largest absolute Gasteiger partial charge is 0.444 e. The maximum atomic E-state index is 13.1. The fraction of sp³-hybridized carbons (Fsp3) is 0.579. The lowest BCUT2D eigenvalue weighted by Gasteiger charge is -2.29. The highest BCUT2D eigenvalue weighted by Crippen LogP contribution is 2.39. The molecule has 1 unspecified atom stereocenters. The molecule has 24 heavy (non-hydrogen) atoms. The van der Waals surface area contributed by atoms with Crippen LogP contribution in [0.5, 0.6) is 0 Å². The molecule has 1 heterocycles. The van der Waals surface area contributed by atoms with Crippen LogP contribution in [-0.4, -0.2) is 35.5 Å². The molecular weight excluding hydrogens is 417 g/mol. The van der Waals surface area contributed by atoms with E-state index in [1.165, 1.54) is 0 Å². The van der Waals surface area contributed by atoms with E-state index in [0.717, 1.165) is 22.0 Å². The van der Waals surface area contributed by atoms with Gasteiger partial charge in [0.15, 0.2) is 5.78 Å². The summed E-state index contributed by atoms with van der Waals surface area (Å²) in [6.45, 7) is 8.68. The Morgan fingerprint density at radius 3 is 2.42 bits per heavy atom. The summed E-state index contributed by atoms with van der Waals surface area (Å²) in [7, 11) is 0. The number of rotatable bonds is 4. The van der Waals surface area contributed by atoms with Crippen molar-refractivity contribution in [3.8, 4) is 0 Å². The van der Waals surface area contributed by atoms with Crippen LogP contribution in [0, 0.1) is 8.99 Å². The van der Waals surface area contributed by atoms with Crippen LogP contribution in [0.25, 0.3) is 0 Å². The van der Waals surface area contributed by atoms with Crippen LogP contribution < -0.4 is 0 Å². The van der Waals surface area contributed by atoms with E-state index in [-0.39, 0.29) is 11.9 Å². The molecule has 1 saturated heterocycles. The van der Waals surface area contributed by atoms with E-state index in [2.05, 4.69) is 29.5 Å². The summed E-state index contributed by atoms with van der Waals surface area (Å²) in [6.07, 6.45) is 2.08. The summed E-state index contributed by atoms with van der Waals surface area (Å²) < 4.78 is 6.58. The van der Waals surface area contributed by atoms with Crippen LogP contribution in [0.3, 0.4) is 0 Å². The second kappa shape index (κ2) is 7.42. The maximum absolute atomic E-state index is 13.1. The number of hydrogen-bond donors (Lipinski definition) is 0. The van der Waals surface area contributed by atoms with Gasteiger partial charge in [-0.2, -0.15) is 0 Å². The molecule has 132 valence electrons. The first-order valence-electron chi connectivity index (χ1n) is 8.45. The molecule has 1 aliphatic rings. The molecular formula is C19H26INO3.